The highest BCUT2D eigenvalue weighted by molar-refractivity contribution is 9.10. The van der Waals surface area contributed by atoms with Crippen molar-refractivity contribution in [2.24, 2.45) is 0 Å². The van der Waals surface area contributed by atoms with Gasteiger partial charge in [-0.15, -0.1) is 0 Å². The molecule has 0 saturated carbocycles. The van der Waals surface area contributed by atoms with Gasteiger partial charge in [-0.1, -0.05) is 17.7 Å². The van der Waals surface area contributed by atoms with Crippen LogP contribution in [-0.4, -0.2) is 10.7 Å². The molecule has 2 heterocycles. The maximum absolute atomic E-state index is 12.1. The van der Waals surface area contributed by atoms with Crippen molar-refractivity contribution >= 4 is 15.9 Å². The van der Waals surface area contributed by atoms with Gasteiger partial charge in [-0.05, 0) is 47.5 Å². The molecule has 0 saturated heterocycles. The molecule has 1 aromatic carbocycles. The molecule has 0 aliphatic carbocycles. The number of ether oxygens (including phenoxy) is 1. The van der Waals surface area contributed by atoms with Gasteiger partial charge in [-0.2, -0.15) is 0 Å². The van der Waals surface area contributed by atoms with Crippen molar-refractivity contribution in [2.75, 3.05) is 0 Å². The molecular formula is C16H16BrNO2. The Morgan fingerprint density at radius 3 is 2.95 bits per heavy atom. The Balaban J connectivity index is 1.83. The van der Waals surface area contributed by atoms with Crippen LogP contribution in [0, 0.1) is 13.8 Å². The van der Waals surface area contributed by atoms with E-state index in [4.69, 9.17) is 4.74 Å². The zero-order chi connectivity index (χ0) is 14.3. The molecule has 0 amide bonds. The van der Waals surface area contributed by atoms with E-state index in [9.17, 15) is 4.79 Å². The van der Waals surface area contributed by atoms with Crippen LogP contribution in [0.25, 0.3) is 0 Å². The first-order valence-electron chi connectivity index (χ1n) is 6.66. The molecule has 104 valence electrons. The minimum atomic E-state index is 0.0261. The molecule has 1 aliphatic heterocycles. The van der Waals surface area contributed by atoms with Gasteiger partial charge < -0.3 is 9.30 Å². The number of aromatic nitrogens is 1. The lowest BCUT2D eigenvalue weighted by Gasteiger charge is -2.13. The van der Waals surface area contributed by atoms with Crippen LogP contribution < -0.4 is 10.3 Å². The van der Waals surface area contributed by atoms with E-state index in [0.717, 1.165) is 22.2 Å². The lowest BCUT2D eigenvalue weighted by molar-refractivity contribution is 0.207. The Kier molecular flexibility index (Phi) is 3.42. The molecule has 0 fully saturated rings. The van der Waals surface area contributed by atoms with Crippen LogP contribution in [-0.2, 0) is 13.0 Å². The molecule has 3 nitrogen and oxygen atoms in total. The quantitative estimate of drug-likeness (QED) is 0.844. The van der Waals surface area contributed by atoms with Crippen molar-refractivity contribution in [1.29, 1.82) is 0 Å². The third-order valence-corrected chi connectivity index (χ3v) is 4.02. The van der Waals surface area contributed by atoms with Crippen molar-refractivity contribution < 1.29 is 4.74 Å². The van der Waals surface area contributed by atoms with Crippen LogP contribution in [0.15, 0.2) is 39.7 Å². The molecular weight excluding hydrogens is 318 g/mol. The fourth-order valence-electron chi connectivity index (χ4n) is 2.65. The van der Waals surface area contributed by atoms with E-state index in [2.05, 4.69) is 35.0 Å². The Morgan fingerprint density at radius 2 is 2.15 bits per heavy atom. The summed E-state index contributed by atoms with van der Waals surface area (Å²) in [5.74, 6) is 0.945. The van der Waals surface area contributed by atoms with Gasteiger partial charge in [0.05, 0.1) is 6.54 Å². The standard InChI is InChI=1S/C16H16BrNO2/c1-10-3-4-15-12(5-10)7-14(20-15)9-18-8-13(17)6-11(2)16(18)19/h3-6,8,14H,7,9H2,1-2H3. The molecule has 20 heavy (non-hydrogen) atoms. The molecule has 0 bridgehead atoms. The number of rotatable bonds is 2. The van der Waals surface area contributed by atoms with E-state index >= 15 is 0 Å². The van der Waals surface area contributed by atoms with Crippen LogP contribution in [0.2, 0.25) is 0 Å². The number of hydrogen-bond donors (Lipinski definition) is 0. The first-order valence-corrected chi connectivity index (χ1v) is 7.45. The van der Waals surface area contributed by atoms with Gasteiger partial charge in [0.1, 0.15) is 11.9 Å². The van der Waals surface area contributed by atoms with E-state index in [1.165, 1.54) is 11.1 Å². The van der Waals surface area contributed by atoms with Crippen LogP contribution in [0.5, 0.6) is 5.75 Å². The van der Waals surface area contributed by atoms with Crippen LogP contribution in [0.4, 0.5) is 0 Å². The lowest BCUT2D eigenvalue weighted by Crippen LogP contribution is -2.29. The van der Waals surface area contributed by atoms with Crippen LogP contribution in [0.1, 0.15) is 16.7 Å². The zero-order valence-corrected chi connectivity index (χ0v) is 13.1. The van der Waals surface area contributed by atoms with Gasteiger partial charge >= 0.3 is 0 Å². The van der Waals surface area contributed by atoms with Gasteiger partial charge in [-0.25, -0.2) is 0 Å². The molecule has 1 aromatic heterocycles. The van der Waals surface area contributed by atoms with Gasteiger partial charge in [0, 0.05) is 22.7 Å². The second kappa shape index (κ2) is 5.09. The van der Waals surface area contributed by atoms with E-state index in [1.54, 1.807) is 4.57 Å². The van der Waals surface area contributed by atoms with Gasteiger partial charge in [0.2, 0.25) is 0 Å². The summed E-state index contributed by atoms with van der Waals surface area (Å²) in [5, 5.41) is 0. The Morgan fingerprint density at radius 1 is 1.35 bits per heavy atom. The summed E-state index contributed by atoms with van der Waals surface area (Å²) >= 11 is 3.43. The van der Waals surface area contributed by atoms with E-state index in [1.807, 2.05) is 25.3 Å². The maximum atomic E-state index is 12.1. The number of nitrogens with zero attached hydrogens (tertiary/aromatic N) is 1. The average molecular weight is 334 g/mol. The predicted octanol–water partition coefficient (Wildman–Crippen LogP) is 3.23. The molecule has 1 aliphatic rings. The normalized spacial score (nSPS) is 16.9. The first kappa shape index (κ1) is 13.4. The summed E-state index contributed by atoms with van der Waals surface area (Å²) in [6.45, 7) is 4.49. The fourth-order valence-corrected chi connectivity index (χ4v) is 3.24. The fraction of sp³-hybridized carbons (Fsp3) is 0.312. The second-order valence-electron chi connectivity index (χ2n) is 5.35. The molecule has 1 atom stereocenters. The summed E-state index contributed by atoms with van der Waals surface area (Å²) in [4.78, 5) is 12.1. The van der Waals surface area contributed by atoms with Crippen molar-refractivity contribution in [3.05, 3.63) is 62.0 Å². The third-order valence-electron chi connectivity index (χ3n) is 3.59. The summed E-state index contributed by atoms with van der Waals surface area (Å²) in [6.07, 6.45) is 2.71. The van der Waals surface area contributed by atoms with Gasteiger partial charge in [0.15, 0.2) is 0 Å². The van der Waals surface area contributed by atoms with Crippen molar-refractivity contribution in [3.63, 3.8) is 0 Å². The number of fused-ring (bicyclic) bond motifs is 1. The Labute approximate surface area is 126 Å². The molecule has 4 heteroatoms. The zero-order valence-electron chi connectivity index (χ0n) is 11.5. The highest BCUT2D eigenvalue weighted by Crippen LogP contribution is 2.30. The molecule has 0 spiro atoms. The third kappa shape index (κ3) is 2.52. The minimum absolute atomic E-state index is 0.0261. The number of hydrogen-bond acceptors (Lipinski definition) is 2. The Bertz CT molecular complexity index is 721. The van der Waals surface area contributed by atoms with E-state index in [0.29, 0.717) is 6.54 Å². The first-order chi connectivity index (χ1) is 9.52. The van der Waals surface area contributed by atoms with Crippen LogP contribution in [0.3, 0.4) is 0 Å². The molecule has 3 rings (SSSR count). The summed E-state index contributed by atoms with van der Waals surface area (Å²) < 4.78 is 8.57. The lowest BCUT2D eigenvalue weighted by atomic mass is 10.1. The average Bonchev–Trinajstić information content (AvgIpc) is 2.76. The summed E-state index contributed by atoms with van der Waals surface area (Å²) in [5.41, 5.74) is 3.26. The number of aryl methyl sites for hydroxylation is 2. The highest BCUT2D eigenvalue weighted by Gasteiger charge is 2.23. The monoisotopic (exact) mass is 333 g/mol. The SMILES string of the molecule is Cc1ccc2c(c1)CC(Cn1cc(Br)cc(C)c1=O)O2. The second-order valence-corrected chi connectivity index (χ2v) is 6.27. The number of pyridine rings is 1. The Hall–Kier alpha value is -1.55. The smallest absolute Gasteiger partial charge is 0.253 e. The summed E-state index contributed by atoms with van der Waals surface area (Å²) in [6, 6.07) is 8.06. The van der Waals surface area contributed by atoms with E-state index in [-0.39, 0.29) is 11.7 Å². The van der Waals surface area contributed by atoms with Crippen LogP contribution >= 0.6 is 15.9 Å². The van der Waals surface area contributed by atoms with Gasteiger partial charge in [0.25, 0.3) is 5.56 Å². The number of benzene rings is 1. The predicted molar refractivity (Wildman–Crippen MR) is 82.4 cm³/mol. The van der Waals surface area contributed by atoms with Gasteiger partial charge in [-0.3, -0.25) is 4.79 Å². The van der Waals surface area contributed by atoms with Crippen molar-refractivity contribution in [3.8, 4) is 5.75 Å². The summed E-state index contributed by atoms with van der Waals surface area (Å²) in [7, 11) is 0. The van der Waals surface area contributed by atoms with Crippen molar-refractivity contribution in [1.82, 2.24) is 4.57 Å². The highest BCUT2D eigenvalue weighted by atomic mass is 79.9. The van der Waals surface area contributed by atoms with Crippen molar-refractivity contribution in [2.45, 2.75) is 32.9 Å². The molecule has 1 unspecified atom stereocenters. The number of halogens is 1. The minimum Gasteiger partial charge on any atom is -0.488 e. The van der Waals surface area contributed by atoms with E-state index < -0.39 is 0 Å². The molecule has 2 aromatic rings. The topological polar surface area (TPSA) is 31.2 Å². The molecule has 0 N–H and O–H groups in total. The maximum Gasteiger partial charge on any atom is 0.253 e. The molecule has 0 radical (unpaired) electrons. The largest absolute Gasteiger partial charge is 0.488 e.